The van der Waals surface area contributed by atoms with E-state index in [1.165, 1.54) is 14.8 Å². The van der Waals surface area contributed by atoms with E-state index in [0.29, 0.717) is 0 Å². The smallest absolute Gasteiger partial charge is 0.0601 e. The standard InChI is InChI=1S/C17H20IN3/c18-15-6-7-17(16(19)12-15)21-10-8-20(9-11-21)13-14-4-2-1-3-5-14/h1-7,12H,8-11,13,19H2. The molecule has 0 bridgehead atoms. The molecule has 1 aliphatic rings. The molecule has 2 aromatic carbocycles. The molecule has 2 N–H and O–H groups in total. The maximum Gasteiger partial charge on any atom is 0.0601 e. The Labute approximate surface area is 139 Å². The van der Waals surface area contributed by atoms with Crippen LogP contribution in [0.25, 0.3) is 0 Å². The maximum atomic E-state index is 6.15. The highest BCUT2D eigenvalue weighted by atomic mass is 127. The number of anilines is 2. The monoisotopic (exact) mass is 393 g/mol. The zero-order valence-electron chi connectivity index (χ0n) is 12.0. The van der Waals surface area contributed by atoms with E-state index in [0.717, 1.165) is 38.4 Å². The van der Waals surface area contributed by atoms with Crippen molar-refractivity contribution in [3.05, 3.63) is 57.7 Å². The Kier molecular flexibility index (Phi) is 4.65. The Morgan fingerprint density at radius 2 is 1.67 bits per heavy atom. The van der Waals surface area contributed by atoms with Crippen molar-refractivity contribution in [3.63, 3.8) is 0 Å². The van der Waals surface area contributed by atoms with Gasteiger partial charge in [-0.15, -0.1) is 0 Å². The Bertz CT molecular complexity index is 592. The highest BCUT2D eigenvalue weighted by Gasteiger charge is 2.18. The fourth-order valence-electron chi connectivity index (χ4n) is 2.80. The van der Waals surface area contributed by atoms with Gasteiger partial charge in [-0.1, -0.05) is 30.3 Å². The second-order valence-corrected chi connectivity index (χ2v) is 6.70. The molecule has 3 rings (SSSR count). The van der Waals surface area contributed by atoms with Crippen LogP contribution in [-0.2, 0) is 6.54 Å². The fraction of sp³-hybridized carbons (Fsp3) is 0.294. The van der Waals surface area contributed by atoms with Crippen LogP contribution in [0.1, 0.15) is 5.56 Å². The second kappa shape index (κ2) is 6.66. The maximum absolute atomic E-state index is 6.15. The van der Waals surface area contributed by atoms with Crippen LogP contribution >= 0.6 is 22.6 Å². The quantitative estimate of drug-likeness (QED) is 0.642. The van der Waals surface area contributed by atoms with E-state index in [1.807, 2.05) is 6.07 Å². The Morgan fingerprint density at radius 3 is 2.33 bits per heavy atom. The molecule has 4 heteroatoms. The molecule has 0 aromatic heterocycles. The average Bonchev–Trinajstić information content (AvgIpc) is 2.49. The molecule has 0 spiro atoms. The third-order valence-electron chi connectivity index (χ3n) is 3.95. The fourth-order valence-corrected chi connectivity index (χ4v) is 3.32. The number of piperazine rings is 1. The Balaban J connectivity index is 1.60. The molecule has 0 saturated carbocycles. The largest absolute Gasteiger partial charge is 0.397 e. The second-order valence-electron chi connectivity index (χ2n) is 5.45. The summed E-state index contributed by atoms with van der Waals surface area (Å²) in [4.78, 5) is 4.90. The van der Waals surface area contributed by atoms with Gasteiger partial charge in [-0.25, -0.2) is 0 Å². The van der Waals surface area contributed by atoms with Crippen LogP contribution in [0.2, 0.25) is 0 Å². The predicted molar refractivity (Wildman–Crippen MR) is 97.5 cm³/mol. The highest BCUT2D eigenvalue weighted by Crippen LogP contribution is 2.26. The minimum absolute atomic E-state index is 0.887. The van der Waals surface area contributed by atoms with Crippen molar-refractivity contribution in [2.75, 3.05) is 36.8 Å². The number of hydrogen-bond donors (Lipinski definition) is 1. The van der Waals surface area contributed by atoms with Gasteiger partial charge in [0.25, 0.3) is 0 Å². The lowest BCUT2D eigenvalue weighted by atomic mass is 10.2. The van der Waals surface area contributed by atoms with Crippen LogP contribution in [-0.4, -0.2) is 31.1 Å². The highest BCUT2D eigenvalue weighted by molar-refractivity contribution is 14.1. The van der Waals surface area contributed by atoms with Crippen LogP contribution < -0.4 is 10.6 Å². The number of nitrogens with two attached hydrogens (primary N) is 1. The molecular formula is C17H20IN3. The average molecular weight is 393 g/mol. The van der Waals surface area contributed by atoms with Gasteiger partial charge in [0.2, 0.25) is 0 Å². The first kappa shape index (κ1) is 14.7. The molecule has 1 heterocycles. The van der Waals surface area contributed by atoms with E-state index in [-0.39, 0.29) is 0 Å². The summed E-state index contributed by atoms with van der Waals surface area (Å²) in [6.45, 7) is 5.28. The topological polar surface area (TPSA) is 32.5 Å². The van der Waals surface area contributed by atoms with E-state index in [1.54, 1.807) is 0 Å². The summed E-state index contributed by atoms with van der Waals surface area (Å²) >= 11 is 2.30. The van der Waals surface area contributed by atoms with E-state index in [9.17, 15) is 0 Å². The summed E-state index contributed by atoms with van der Waals surface area (Å²) in [5.74, 6) is 0. The first-order valence-electron chi connectivity index (χ1n) is 7.28. The molecular weight excluding hydrogens is 373 g/mol. The minimum Gasteiger partial charge on any atom is -0.397 e. The van der Waals surface area contributed by atoms with Gasteiger partial charge >= 0.3 is 0 Å². The normalized spacial score (nSPS) is 16.1. The number of halogens is 1. The van der Waals surface area contributed by atoms with Crippen molar-refractivity contribution in [1.82, 2.24) is 4.90 Å². The summed E-state index contributed by atoms with van der Waals surface area (Å²) in [6, 6.07) is 17.0. The van der Waals surface area contributed by atoms with Crippen molar-refractivity contribution >= 4 is 34.0 Å². The lowest BCUT2D eigenvalue weighted by Gasteiger charge is -2.36. The Morgan fingerprint density at radius 1 is 0.952 bits per heavy atom. The van der Waals surface area contributed by atoms with E-state index >= 15 is 0 Å². The van der Waals surface area contributed by atoms with Crippen molar-refractivity contribution in [1.29, 1.82) is 0 Å². The number of rotatable bonds is 3. The summed E-state index contributed by atoms with van der Waals surface area (Å²) in [7, 11) is 0. The van der Waals surface area contributed by atoms with Gasteiger partial charge in [-0.3, -0.25) is 4.90 Å². The number of nitrogen functional groups attached to an aromatic ring is 1. The van der Waals surface area contributed by atoms with Gasteiger partial charge in [-0.2, -0.15) is 0 Å². The van der Waals surface area contributed by atoms with Gasteiger partial charge in [-0.05, 0) is 46.4 Å². The number of benzene rings is 2. The number of nitrogens with zero attached hydrogens (tertiary/aromatic N) is 2. The van der Waals surface area contributed by atoms with Crippen molar-refractivity contribution in [3.8, 4) is 0 Å². The van der Waals surface area contributed by atoms with Gasteiger partial charge in [0.15, 0.2) is 0 Å². The minimum atomic E-state index is 0.887. The molecule has 0 unspecified atom stereocenters. The van der Waals surface area contributed by atoms with E-state index in [2.05, 4.69) is 74.9 Å². The molecule has 2 aromatic rings. The van der Waals surface area contributed by atoms with Gasteiger partial charge in [0.1, 0.15) is 0 Å². The van der Waals surface area contributed by atoms with E-state index in [4.69, 9.17) is 5.73 Å². The predicted octanol–water partition coefficient (Wildman–Crippen LogP) is 3.20. The van der Waals surface area contributed by atoms with E-state index < -0.39 is 0 Å². The zero-order valence-corrected chi connectivity index (χ0v) is 14.2. The van der Waals surface area contributed by atoms with Crippen molar-refractivity contribution in [2.45, 2.75) is 6.54 Å². The van der Waals surface area contributed by atoms with Crippen molar-refractivity contribution < 1.29 is 0 Å². The van der Waals surface area contributed by atoms with Crippen LogP contribution in [0.15, 0.2) is 48.5 Å². The summed E-state index contributed by atoms with van der Waals surface area (Å²) in [5.41, 5.74) is 9.60. The lowest BCUT2D eigenvalue weighted by Crippen LogP contribution is -2.46. The molecule has 21 heavy (non-hydrogen) atoms. The Hall–Kier alpha value is -1.27. The third kappa shape index (κ3) is 3.68. The van der Waals surface area contributed by atoms with Crippen molar-refractivity contribution in [2.24, 2.45) is 0 Å². The SMILES string of the molecule is Nc1cc(I)ccc1N1CCN(Cc2ccccc2)CC1. The molecule has 0 aliphatic carbocycles. The summed E-state index contributed by atoms with van der Waals surface area (Å²) < 4.78 is 1.19. The first-order chi connectivity index (χ1) is 10.2. The number of hydrogen-bond acceptors (Lipinski definition) is 3. The molecule has 1 aliphatic heterocycles. The molecule has 0 atom stereocenters. The third-order valence-corrected chi connectivity index (χ3v) is 4.62. The zero-order chi connectivity index (χ0) is 14.7. The van der Waals surface area contributed by atoms with Gasteiger partial charge in [0, 0.05) is 36.3 Å². The molecule has 1 saturated heterocycles. The van der Waals surface area contributed by atoms with Crippen LogP contribution in [0.5, 0.6) is 0 Å². The van der Waals surface area contributed by atoms with Gasteiger partial charge < -0.3 is 10.6 Å². The lowest BCUT2D eigenvalue weighted by molar-refractivity contribution is 0.250. The van der Waals surface area contributed by atoms with Crippen LogP contribution in [0.4, 0.5) is 11.4 Å². The van der Waals surface area contributed by atoms with Gasteiger partial charge in [0.05, 0.1) is 11.4 Å². The summed E-state index contributed by atoms with van der Waals surface area (Å²) in [5, 5.41) is 0. The van der Waals surface area contributed by atoms with Crippen LogP contribution in [0.3, 0.4) is 0 Å². The molecule has 0 radical (unpaired) electrons. The summed E-state index contributed by atoms with van der Waals surface area (Å²) in [6.07, 6.45) is 0. The first-order valence-corrected chi connectivity index (χ1v) is 8.36. The molecule has 1 fully saturated rings. The molecule has 110 valence electrons. The van der Waals surface area contributed by atoms with Crippen LogP contribution in [0, 0.1) is 3.57 Å². The molecule has 0 amide bonds. The molecule has 3 nitrogen and oxygen atoms in total.